The van der Waals surface area contributed by atoms with Gasteiger partial charge in [-0.2, -0.15) is 18.3 Å². The van der Waals surface area contributed by atoms with Crippen molar-refractivity contribution in [2.75, 3.05) is 12.4 Å². The molecule has 1 unspecified atom stereocenters. The molecule has 0 radical (unpaired) electrons. The van der Waals surface area contributed by atoms with Crippen LogP contribution in [0.3, 0.4) is 0 Å². The van der Waals surface area contributed by atoms with Gasteiger partial charge in [-0.25, -0.2) is 0 Å². The summed E-state index contributed by atoms with van der Waals surface area (Å²) in [5, 5.41) is 7.70. The van der Waals surface area contributed by atoms with E-state index in [1.54, 1.807) is 40.0 Å². The van der Waals surface area contributed by atoms with Gasteiger partial charge in [0.2, 0.25) is 6.41 Å². The summed E-state index contributed by atoms with van der Waals surface area (Å²) in [4.78, 5) is 10.8. The first kappa shape index (κ1) is 20.0. The van der Waals surface area contributed by atoms with E-state index in [1.165, 1.54) is 5.01 Å². The summed E-state index contributed by atoms with van der Waals surface area (Å²) in [6.45, 7) is 5.30. The summed E-state index contributed by atoms with van der Waals surface area (Å²) in [6, 6.07) is 1.43. The first-order valence-corrected chi connectivity index (χ1v) is 7.47. The van der Waals surface area contributed by atoms with Gasteiger partial charge < -0.3 is 5.32 Å². The predicted octanol–water partition coefficient (Wildman–Crippen LogP) is 4.87. The molecule has 0 saturated heterocycles. The second kappa shape index (κ2) is 8.19. The number of hydrogen-bond donors (Lipinski definition) is 1. The number of halogens is 4. The van der Waals surface area contributed by atoms with E-state index in [9.17, 15) is 18.0 Å². The quantitative estimate of drug-likeness (QED) is 0.340. The zero-order chi connectivity index (χ0) is 18.5. The average molecular weight is 362 g/mol. The SMILES string of the molecule is C/C=C/C(c1cc(C(F)(F)F)c(Cl)cc1NC=O)N(C)N=C(C)C. The molecule has 1 atom stereocenters. The first-order valence-electron chi connectivity index (χ1n) is 7.10. The number of likely N-dealkylation sites (N-methyl/N-ethyl adjacent to an activating group) is 1. The molecule has 24 heavy (non-hydrogen) atoms. The lowest BCUT2D eigenvalue weighted by Gasteiger charge is -2.26. The van der Waals surface area contributed by atoms with E-state index in [0.717, 1.165) is 17.8 Å². The van der Waals surface area contributed by atoms with Crippen LogP contribution in [0.4, 0.5) is 18.9 Å². The zero-order valence-corrected chi connectivity index (χ0v) is 14.5. The minimum atomic E-state index is -4.60. The molecule has 0 fully saturated rings. The maximum Gasteiger partial charge on any atom is 0.417 e. The lowest BCUT2D eigenvalue weighted by Crippen LogP contribution is -2.21. The van der Waals surface area contributed by atoms with Gasteiger partial charge in [0.05, 0.1) is 16.6 Å². The Morgan fingerprint density at radius 2 is 2.00 bits per heavy atom. The molecule has 0 heterocycles. The van der Waals surface area contributed by atoms with Gasteiger partial charge >= 0.3 is 6.18 Å². The van der Waals surface area contributed by atoms with Crippen LogP contribution < -0.4 is 5.32 Å². The fourth-order valence-electron chi connectivity index (χ4n) is 2.23. The minimum Gasteiger partial charge on any atom is -0.328 e. The number of anilines is 1. The molecule has 1 rings (SSSR count). The number of benzene rings is 1. The standard InChI is InChI=1S/C16H19ClF3N3O/c1-5-6-15(23(4)22-10(2)3)11-7-12(16(18,19)20)13(17)8-14(11)21-9-24/h5-9,15H,1-4H3,(H,21,24)/b6-5+. The maximum absolute atomic E-state index is 13.2. The van der Waals surface area contributed by atoms with Crippen LogP contribution in [-0.4, -0.2) is 24.2 Å². The van der Waals surface area contributed by atoms with Crippen LogP contribution in [0.25, 0.3) is 0 Å². The number of carbonyl (C=O) groups excluding carboxylic acids is 1. The summed E-state index contributed by atoms with van der Waals surface area (Å²) >= 11 is 5.73. The van der Waals surface area contributed by atoms with E-state index >= 15 is 0 Å². The highest BCUT2D eigenvalue weighted by Crippen LogP contribution is 2.40. The molecule has 1 aromatic carbocycles. The number of nitrogens with one attached hydrogen (secondary N) is 1. The highest BCUT2D eigenvalue weighted by Gasteiger charge is 2.35. The van der Waals surface area contributed by atoms with Crippen molar-refractivity contribution in [3.63, 3.8) is 0 Å². The molecule has 1 aromatic rings. The largest absolute Gasteiger partial charge is 0.417 e. The van der Waals surface area contributed by atoms with Crippen molar-refractivity contribution in [1.29, 1.82) is 0 Å². The Morgan fingerprint density at radius 1 is 1.38 bits per heavy atom. The highest BCUT2D eigenvalue weighted by atomic mass is 35.5. The number of nitrogens with zero attached hydrogens (tertiary/aromatic N) is 2. The van der Waals surface area contributed by atoms with E-state index in [-0.39, 0.29) is 11.3 Å². The third-order valence-corrected chi connectivity index (χ3v) is 3.43. The van der Waals surface area contributed by atoms with Gasteiger partial charge in [0, 0.05) is 24.0 Å². The lowest BCUT2D eigenvalue weighted by molar-refractivity contribution is -0.137. The van der Waals surface area contributed by atoms with Crippen LogP contribution in [0, 0.1) is 0 Å². The van der Waals surface area contributed by atoms with Crippen molar-refractivity contribution in [2.45, 2.75) is 33.0 Å². The molecule has 0 aliphatic rings. The number of allylic oxidation sites excluding steroid dienone is 1. The van der Waals surface area contributed by atoms with Gasteiger partial charge in [-0.1, -0.05) is 23.8 Å². The number of hydrogen-bond acceptors (Lipinski definition) is 3. The predicted molar refractivity (Wildman–Crippen MR) is 90.2 cm³/mol. The van der Waals surface area contributed by atoms with Crippen molar-refractivity contribution in [3.8, 4) is 0 Å². The molecular weight excluding hydrogens is 343 g/mol. The number of carbonyl (C=O) groups is 1. The van der Waals surface area contributed by atoms with Gasteiger partial charge in [0.1, 0.15) is 0 Å². The van der Waals surface area contributed by atoms with Crippen LogP contribution in [0.5, 0.6) is 0 Å². The molecule has 0 aliphatic carbocycles. The summed E-state index contributed by atoms with van der Waals surface area (Å²) in [5.74, 6) is 0. The van der Waals surface area contributed by atoms with Crippen LogP contribution in [0.2, 0.25) is 5.02 Å². The van der Waals surface area contributed by atoms with E-state index in [4.69, 9.17) is 11.6 Å². The molecule has 0 spiro atoms. The number of alkyl halides is 3. The van der Waals surface area contributed by atoms with E-state index in [2.05, 4.69) is 10.4 Å². The molecule has 1 N–H and O–H groups in total. The van der Waals surface area contributed by atoms with E-state index < -0.39 is 22.8 Å². The number of amides is 1. The fraction of sp³-hybridized carbons (Fsp3) is 0.375. The molecule has 0 aromatic heterocycles. The molecule has 0 bridgehead atoms. The summed E-state index contributed by atoms with van der Waals surface area (Å²) in [6.07, 6.45) is -0.821. The van der Waals surface area contributed by atoms with Gasteiger partial charge in [0.25, 0.3) is 0 Å². The highest BCUT2D eigenvalue weighted by molar-refractivity contribution is 6.31. The lowest BCUT2D eigenvalue weighted by atomic mass is 10.00. The Bertz CT molecular complexity index is 653. The van der Waals surface area contributed by atoms with Crippen molar-refractivity contribution < 1.29 is 18.0 Å². The Hall–Kier alpha value is -2.02. The van der Waals surface area contributed by atoms with Crippen LogP contribution in [-0.2, 0) is 11.0 Å². The van der Waals surface area contributed by atoms with E-state index in [1.807, 2.05) is 0 Å². The second-order valence-corrected chi connectivity index (χ2v) is 5.68. The first-order chi connectivity index (χ1) is 11.1. The topological polar surface area (TPSA) is 44.7 Å². The Morgan fingerprint density at radius 3 is 2.46 bits per heavy atom. The summed E-state index contributed by atoms with van der Waals surface area (Å²) in [7, 11) is 1.64. The third-order valence-electron chi connectivity index (χ3n) is 3.11. The van der Waals surface area contributed by atoms with Crippen LogP contribution in [0.15, 0.2) is 29.4 Å². The second-order valence-electron chi connectivity index (χ2n) is 5.27. The Labute approximate surface area is 144 Å². The fourth-order valence-corrected chi connectivity index (χ4v) is 2.50. The molecule has 1 amide bonds. The van der Waals surface area contributed by atoms with Gasteiger partial charge in [-0.3, -0.25) is 9.80 Å². The third kappa shape index (κ3) is 4.99. The Kier molecular flexibility index (Phi) is 6.83. The van der Waals surface area contributed by atoms with Crippen LogP contribution in [0.1, 0.15) is 37.9 Å². The van der Waals surface area contributed by atoms with Crippen molar-refractivity contribution in [2.24, 2.45) is 5.10 Å². The minimum absolute atomic E-state index is 0.196. The smallest absolute Gasteiger partial charge is 0.328 e. The van der Waals surface area contributed by atoms with Crippen molar-refractivity contribution in [3.05, 3.63) is 40.4 Å². The van der Waals surface area contributed by atoms with E-state index in [0.29, 0.717) is 6.41 Å². The van der Waals surface area contributed by atoms with Gasteiger partial charge in [-0.15, -0.1) is 0 Å². The molecule has 0 saturated carbocycles. The number of rotatable bonds is 6. The van der Waals surface area contributed by atoms with Crippen molar-refractivity contribution >= 4 is 29.4 Å². The summed E-state index contributed by atoms with van der Waals surface area (Å²) < 4.78 is 39.5. The Balaban J connectivity index is 3.60. The van der Waals surface area contributed by atoms with Gasteiger partial charge in [-0.05, 0) is 32.9 Å². The normalized spacial score (nSPS) is 12.8. The molecular formula is C16H19ClF3N3O. The average Bonchev–Trinajstić information content (AvgIpc) is 2.43. The monoisotopic (exact) mass is 361 g/mol. The van der Waals surface area contributed by atoms with Crippen LogP contribution >= 0.6 is 11.6 Å². The van der Waals surface area contributed by atoms with Gasteiger partial charge in [0.15, 0.2) is 0 Å². The molecule has 8 heteroatoms. The van der Waals surface area contributed by atoms with Crippen molar-refractivity contribution in [1.82, 2.24) is 5.01 Å². The molecule has 0 aliphatic heterocycles. The number of hydrazone groups is 1. The zero-order valence-electron chi connectivity index (χ0n) is 13.8. The summed E-state index contributed by atoms with van der Waals surface area (Å²) in [5.41, 5.74) is 0.212. The molecule has 132 valence electrons. The molecule has 4 nitrogen and oxygen atoms in total. The maximum atomic E-state index is 13.2.